The van der Waals surface area contributed by atoms with Crippen LogP contribution in [0.2, 0.25) is 0 Å². The van der Waals surface area contributed by atoms with Crippen molar-refractivity contribution in [1.82, 2.24) is 5.32 Å². The second kappa shape index (κ2) is 7.43. The molecular weight excluding hydrogens is 134 g/mol. The monoisotopic (exact) mass is 153 g/mol. The fourth-order valence-corrected chi connectivity index (χ4v) is 1.03. The van der Waals surface area contributed by atoms with Gasteiger partial charge >= 0.3 is 0 Å². The van der Waals surface area contributed by atoms with Gasteiger partial charge < -0.3 is 5.32 Å². The maximum Gasteiger partial charge on any atom is 0.0529 e. The minimum absolute atomic E-state index is 1.10. The Morgan fingerprint density at radius 3 is 2.55 bits per heavy atom. The number of hydrogen-bond acceptors (Lipinski definition) is 1. The van der Waals surface area contributed by atoms with Gasteiger partial charge in [0.15, 0.2) is 0 Å². The van der Waals surface area contributed by atoms with Crippen molar-refractivity contribution in [2.75, 3.05) is 7.05 Å². The van der Waals surface area contributed by atoms with Crippen LogP contribution in [0.15, 0.2) is 18.0 Å². The molecule has 0 aliphatic carbocycles. The summed E-state index contributed by atoms with van der Waals surface area (Å²) in [6.07, 6.45) is 6.32. The lowest BCUT2D eigenvalue weighted by molar-refractivity contribution is 0.651. The van der Waals surface area contributed by atoms with E-state index in [4.69, 9.17) is 0 Å². The highest BCUT2D eigenvalue weighted by molar-refractivity contribution is 4.94. The van der Waals surface area contributed by atoms with Crippen LogP contribution in [0.3, 0.4) is 0 Å². The number of allylic oxidation sites excluding steroid dienone is 1. The zero-order valence-electron chi connectivity index (χ0n) is 7.74. The molecule has 0 unspecified atom stereocenters. The number of unbranched alkanes of at least 4 members (excludes halogenated alkanes) is 3. The standard InChI is InChI=1S/C10H19N/c1-4-6-7-8-9-10(5-2)11-3/h11H,2,4,6-9H2,1,3H3. The average Bonchev–Trinajstić information content (AvgIpc) is 2.05. The summed E-state index contributed by atoms with van der Waals surface area (Å²) >= 11 is 0. The van der Waals surface area contributed by atoms with Gasteiger partial charge in [-0.1, -0.05) is 32.8 Å². The quantitative estimate of drug-likeness (QED) is 0.457. The summed E-state index contributed by atoms with van der Waals surface area (Å²) in [5.74, 6) is 0. The molecule has 0 aliphatic rings. The lowest BCUT2D eigenvalue weighted by Crippen LogP contribution is -2.03. The van der Waals surface area contributed by atoms with Crippen molar-refractivity contribution in [3.05, 3.63) is 18.0 Å². The van der Waals surface area contributed by atoms with Gasteiger partial charge in [-0.05, 0) is 12.8 Å². The van der Waals surface area contributed by atoms with E-state index in [1.807, 2.05) is 7.05 Å². The molecule has 0 heterocycles. The molecule has 0 aromatic rings. The molecule has 0 fully saturated rings. The topological polar surface area (TPSA) is 12.0 Å². The van der Waals surface area contributed by atoms with Crippen molar-refractivity contribution >= 4 is 0 Å². The molecule has 1 nitrogen and oxygen atoms in total. The first-order valence-electron chi connectivity index (χ1n) is 4.41. The Bertz CT molecular complexity index is 132. The van der Waals surface area contributed by atoms with Gasteiger partial charge in [-0.2, -0.15) is 0 Å². The molecule has 0 spiro atoms. The van der Waals surface area contributed by atoms with E-state index in [9.17, 15) is 0 Å². The molecule has 0 amide bonds. The molecule has 0 aromatic heterocycles. The maximum atomic E-state index is 3.61. The van der Waals surface area contributed by atoms with E-state index in [1.165, 1.54) is 25.7 Å². The minimum atomic E-state index is 1.10. The highest BCUT2D eigenvalue weighted by atomic mass is 14.8. The van der Waals surface area contributed by atoms with Crippen molar-refractivity contribution < 1.29 is 0 Å². The smallest absolute Gasteiger partial charge is 0.0529 e. The van der Waals surface area contributed by atoms with Crippen molar-refractivity contribution in [2.24, 2.45) is 0 Å². The van der Waals surface area contributed by atoms with Crippen LogP contribution >= 0.6 is 0 Å². The van der Waals surface area contributed by atoms with Gasteiger partial charge in [-0.15, -0.1) is 5.73 Å². The van der Waals surface area contributed by atoms with E-state index >= 15 is 0 Å². The molecule has 0 bridgehead atoms. The van der Waals surface area contributed by atoms with Gasteiger partial charge in [-0.25, -0.2) is 0 Å². The van der Waals surface area contributed by atoms with Gasteiger partial charge in [0.25, 0.3) is 0 Å². The first-order chi connectivity index (χ1) is 5.35. The summed E-state index contributed by atoms with van der Waals surface area (Å²) in [4.78, 5) is 0. The van der Waals surface area contributed by atoms with E-state index in [0.29, 0.717) is 0 Å². The van der Waals surface area contributed by atoms with Crippen LogP contribution < -0.4 is 5.32 Å². The Labute approximate surface area is 70.2 Å². The van der Waals surface area contributed by atoms with Crippen LogP contribution in [0.25, 0.3) is 0 Å². The summed E-state index contributed by atoms with van der Waals surface area (Å²) in [6, 6.07) is 0. The fraction of sp³-hybridized carbons (Fsp3) is 0.700. The molecule has 0 aromatic carbocycles. The maximum absolute atomic E-state index is 3.61. The van der Waals surface area contributed by atoms with Gasteiger partial charge in [-0.3, -0.25) is 0 Å². The average molecular weight is 153 g/mol. The Balaban J connectivity index is 3.30. The summed E-state index contributed by atoms with van der Waals surface area (Å²) < 4.78 is 0. The first kappa shape index (κ1) is 10.3. The zero-order valence-corrected chi connectivity index (χ0v) is 7.74. The Kier molecular flexibility index (Phi) is 6.97. The largest absolute Gasteiger partial charge is 0.385 e. The molecule has 0 atom stereocenters. The summed E-state index contributed by atoms with van der Waals surface area (Å²) in [5, 5.41) is 3.07. The van der Waals surface area contributed by atoms with Gasteiger partial charge in [0.2, 0.25) is 0 Å². The fourth-order valence-electron chi connectivity index (χ4n) is 1.03. The number of rotatable bonds is 6. The van der Waals surface area contributed by atoms with E-state index in [-0.39, 0.29) is 0 Å². The van der Waals surface area contributed by atoms with Crippen LogP contribution in [0.4, 0.5) is 0 Å². The van der Waals surface area contributed by atoms with E-state index in [0.717, 1.165) is 12.1 Å². The molecule has 11 heavy (non-hydrogen) atoms. The molecule has 0 rings (SSSR count). The van der Waals surface area contributed by atoms with Crippen LogP contribution in [-0.2, 0) is 0 Å². The molecule has 1 heteroatoms. The third-order valence-corrected chi connectivity index (χ3v) is 1.80. The van der Waals surface area contributed by atoms with Crippen LogP contribution in [-0.4, -0.2) is 7.05 Å². The molecule has 0 aliphatic heterocycles. The molecule has 0 saturated heterocycles. The van der Waals surface area contributed by atoms with Gasteiger partial charge in [0.1, 0.15) is 0 Å². The van der Waals surface area contributed by atoms with Crippen LogP contribution in [0.1, 0.15) is 39.0 Å². The SMILES string of the molecule is C=C=C(CCCCCC)NC. The third kappa shape index (κ3) is 5.75. The van der Waals surface area contributed by atoms with Gasteiger partial charge in [0.05, 0.1) is 5.70 Å². The predicted molar refractivity (Wildman–Crippen MR) is 50.5 cm³/mol. The second-order valence-electron chi connectivity index (χ2n) is 2.72. The van der Waals surface area contributed by atoms with E-state index in [1.54, 1.807) is 0 Å². The second-order valence-corrected chi connectivity index (χ2v) is 2.72. The first-order valence-corrected chi connectivity index (χ1v) is 4.41. The highest BCUT2D eigenvalue weighted by Gasteiger charge is 1.91. The molecule has 0 radical (unpaired) electrons. The van der Waals surface area contributed by atoms with Crippen molar-refractivity contribution in [3.8, 4) is 0 Å². The Morgan fingerprint density at radius 1 is 1.36 bits per heavy atom. The molecule has 1 N–H and O–H groups in total. The Morgan fingerprint density at radius 2 is 2.09 bits per heavy atom. The molecule has 64 valence electrons. The Hall–Kier alpha value is -0.680. The highest BCUT2D eigenvalue weighted by Crippen LogP contribution is 2.06. The summed E-state index contributed by atoms with van der Waals surface area (Å²) in [5.41, 5.74) is 4.02. The molecule has 0 saturated carbocycles. The summed E-state index contributed by atoms with van der Waals surface area (Å²) in [6.45, 7) is 5.83. The minimum Gasteiger partial charge on any atom is -0.385 e. The lowest BCUT2D eigenvalue weighted by Gasteiger charge is -2.02. The van der Waals surface area contributed by atoms with Crippen molar-refractivity contribution in [3.63, 3.8) is 0 Å². The lowest BCUT2D eigenvalue weighted by atomic mass is 10.1. The zero-order chi connectivity index (χ0) is 8.53. The van der Waals surface area contributed by atoms with Crippen molar-refractivity contribution in [1.29, 1.82) is 0 Å². The molecular formula is C10H19N. The van der Waals surface area contributed by atoms with Crippen LogP contribution in [0, 0.1) is 0 Å². The van der Waals surface area contributed by atoms with E-state index in [2.05, 4.69) is 24.6 Å². The number of nitrogens with one attached hydrogen (secondary N) is 1. The van der Waals surface area contributed by atoms with Crippen molar-refractivity contribution in [2.45, 2.75) is 39.0 Å². The predicted octanol–water partition coefficient (Wildman–Crippen LogP) is 2.85. The third-order valence-electron chi connectivity index (χ3n) is 1.80. The summed E-state index contributed by atoms with van der Waals surface area (Å²) in [7, 11) is 1.92. The van der Waals surface area contributed by atoms with E-state index < -0.39 is 0 Å². The number of hydrogen-bond donors (Lipinski definition) is 1. The normalized spacial score (nSPS) is 8.91. The van der Waals surface area contributed by atoms with Gasteiger partial charge in [0, 0.05) is 7.05 Å². The van der Waals surface area contributed by atoms with Crippen LogP contribution in [0.5, 0.6) is 0 Å².